The fourth-order valence-electron chi connectivity index (χ4n) is 3.09. The highest BCUT2D eigenvalue weighted by Crippen LogP contribution is 2.52. The lowest BCUT2D eigenvalue weighted by atomic mass is 9.85. The Morgan fingerprint density at radius 1 is 1.29 bits per heavy atom. The minimum Gasteiger partial charge on any atom is -0.329 e. The molecule has 3 aliphatic rings. The van der Waals surface area contributed by atoms with Crippen LogP contribution in [-0.4, -0.2) is 28.2 Å². The molecule has 0 N–H and O–H groups in total. The fourth-order valence-corrected chi connectivity index (χ4v) is 3.19. The van der Waals surface area contributed by atoms with Crippen LogP contribution in [0.1, 0.15) is 6.42 Å². The van der Waals surface area contributed by atoms with Crippen LogP contribution in [0, 0.1) is 23.7 Å². The SMILES string of the molecule is O=C(CBr)ON1C(=O)C2C3C=C[C@H](C3)C2C1=O. The summed E-state index contributed by atoms with van der Waals surface area (Å²) in [6.45, 7) is 0. The van der Waals surface area contributed by atoms with Crippen molar-refractivity contribution in [2.75, 3.05) is 5.33 Å². The third-order valence-electron chi connectivity index (χ3n) is 3.73. The van der Waals surface area contributed by atoms with Gasteiger partial charge in [-0.2, -0.15) is 0 Å². The number of carbonyl (C=O) groups excluding carboxylic acids is 3. The van der Waals surface area contributed by atoms with E-state index in [0.29, 0.717) is 5.06 Å². The van der Waals surface area contributed by atoms with Crippen LogP contribution in [-0.2, 0) is 19.2 Å². The molecule has 6 heteroatoms. The molecule has 5 nitrogen and oxygen atoms in total. The van der Waals surface area contributed by atoms with E-state index in [4.69, 9.17) is 4.84 Å². The standard InChI is InChI=1S/C11H10BrNO4/c12-4-7(14)17-13-10(15)8-5-1-2-6(3-5)9(8)11(13)16/h1-2,5-6,8-9H,3-4H2/t5-,6?,8?,9?/m1/s1. The molecule has 0 aromatic heterocycles. The van der Waals surface area contributed by atoms with Crippen LogP contribution in [0.5, 0.6) is 0 Å². The van der Waals surface area contributed by atoms with Gasteiger partial charge in [-0.15, -0.1) is 5.06 Å². The van der Waals surface area contributed by atoms with Crippen molar-refractivity contribution in [2.45, 2.75) is 6.42 Å². The summed E-state index contributed by atoms with van der Waals surface area (Å²) < 4.78 is 0. The van der Waals surface area contributed by atoms with Crippen molar-refractivity contribution >= 4 is 33.7 Å². The zero-order valence-electron chi connectivity index (χ0n) is 8.84. The van der Waals surface area contributed by atoms with Crippen molar-refractivity contribution < 1.29 is 19.2 Å². The van der Waals surface area contributed by atoms with Gasteiger partial charge >= 0.3 is 5.97 Å². The van der Waals surface area contributed by atoms with E-state index >= 15 is 0 Å². The van der Waals surface area contributed by atoms with E-state index in [9.17, 15) is 14.4 Å². The van der Waals surface area contributed by atoms with Crippen LogP contribution in [0.4, 0.5) is 0 Å². The summed E-state index contributed by atoms with van der Waals surface area (Å²) in [4.78, 5) is 39.9. The summed E-state index contributed by atoms with van der Waals surface area (Å²) in [6, 6.07) is 0. The van der Waals surface area contributed by atoms with Gasteiger partial charge in [-0.25, -0.2) is 4.79 Å². The normalized spacial score (nSPS) is 37.8. The number of carbonyl (C=O) groups is 3. The molecule has 90 valence electrons. The highest BCUT2D eigenvalue weighted by Gasteiger charge is 2.60. The molecule has 2 aliphatic carbocycles. The van der Waals surface area contributed by atoms with E-state index in [2.05, 4.69) is 15.9 Å². The molecule has 0 radical (unpaired) electrons. The molecule has 0 aromatic rings. The van der Waals surface area contributed by atoms with Crippen LogP contribution in [0.25, 0.3) is 0 Å². The van der Waals surface area contributed by atoms with E-state index < -0.39 is 5.97 Å². The van der Waals surface area contributed by atoms with Crippen LogP contribution < -0.4 is 0 Å². The number of halogens is 1. The number of fused-ring (bicyclic) bond motifs is 5. The smallest absolute Gasteiger partial charge is 0.329 e. The van der Waals surface area contributed by atoms with Crippen molar-refractivity contribution in [3.8, 4) is 0 Å². The molecular weight excluding hydrogens is 290 g/mol. The average Bonchev–Trinajstić information content (AvgIpc) is 2.98. The van der Waals surface area contributed by atoms with Gasteiger partial charge in [0.1, 0.15) is 5.33 Å². The first-order valence-corrected chi connectivity index (χ1v) is 6.58. The van der Waals surface area contributed by atoms with Gasteiger partial charge < -0.3 is 4.84 Å². The molecular formula is C11H10BrNO4. The zero-order chi connectivity index (χ0) is 12.2. The molecule has 3 unspecified atom stereocenters. The number of hydroxylamine groups is 2. The average molecular weight is 300 g/mol. The first-order valence-electron chi connectivity index (χ1n) is 5.46. The lowest BCUT2D eigenvalue weighted by Gasteiger charge is -2.14. The maximum atomic E-state index is 12.0. The number of hydrogen-bond donors (Lipinski definition) is 0. The molecule has 0 aromatic carbocycles. The van der Waals surface area contributed by atoms with Gasteiger partial charge in [-0.3, -0.25) is 9.59 Å². The minimum absolute atomic E-state index is 0.0372. The first-order chi connectivity index (χ1) is 8.13. The van der Waals surface area contributed by atoms with Crippen molar-refractivity contribution in [1.82, 2.24) is 5.06 Å². The number of nitrogens with zero attached hydrogens (tertiary/aromatic N) is 1. The van der Waals surface area contributed by atoms with Gasteiger partial charge in [-0.1, -0.05) is 28.1 Å². The second kappa shape index (κ2) is 3.66. The largest absolute Gasteiger partial charge is 0.343 e. The second-order valence-electron chi connectivity index (χ2n) is 4.57. The summed E-state index contributed by atoms with van der Waals surface area (Å²) in [7, 11) is 0. The maximum Gasteiger partial charge on any atom is 0.343 e. The number of rotatable bonds is 2. The molecule has 3 rings (SSSR count). The number of alkyl halides is 1. The number of amides is 2. The molecule has 2 fully saturated rings. The Hall–Kier alpha value is -1.17. The Morgan fingerprint density at radius 3 is 2.29 bits per heavy atom. The number of imide groups is 1. The summed E-state index contributed by atoms with van der Waals surface area (Å²) in [5.41, 5.74) is 0. The van der Waals surface area contributed by atoms with E-state index in [1.807, 2.05) is 12.2 Å². The van der Waals surface area contributed by atoms with Gasteiger partial charge in [0.05, 0.1) is 11.8 Å². The van der Waals surface area contributed by atoms with Gasteiger partial charge in [0, 0.05) is 0 Å². The summed E-state index contributed by atoms with van der Waals surface area (Å²) in [5, 5.41) is 0.621. The van der Waals surface area contributed by atoms with Crippen molar-refractivity contribution in [1.29, 1.82) is 0 Å². The highest BCUT2D eigenvalue weighted by atomic mass is 79.9. The third kappa shape index (κ3) is 1.40. The molecule has 1 saturated carbocycles. The Morgan fingerprint density at radius 2 is 1.82 bits per heavy atom. The van der Waals surface area contributed by atoms with Crippen molar-refractivity contribution in [3.63, 3.8) is 0 Å². The topological polar surface area (TPSA) is 63.7 Å². The molecule has 2 amide bonds. The lowest BCUT2D eigenvalue weighted by Crippen LogP contribution is -2.35. The van der Waals surface area contributed by atoms with E-state index in [-0.39, 0.29) is 40.8 Å². The highest BCUT2D eigenvalue weighted by molar-refractivity contribution is 9.09. The summed E-state index contributed by atoms with van der Waals surface area (Å²) in [6.07, 6.45) is 4.85. The Balaban J connectivity index is 1.85. The molecule has 4 atom stereocenters. The minimum atomic E-state index is -0.632. The molecule has 0 spiro atoms. The van der Waals surface area contributed by atoms with Crippen LogP contribution in [0.3, 0.4) is 0 Å². The van der Waals surface area contributed by atoms with Crippen molar-refractivity contribution in [3.05, 3.63) is 12.2 Å². The number of allylic oxidation sites excluding steroid dienone is 2. The van der Waals surface area contributed by atoms with Crippen LogP contribution in [0.15, 0.2) is 12.2 Å². The summed E-state index contributed by atoms with van der Waals surface area (Å²) in [5.74, 6) is -1.74. The Labute approximate surface area is 106 Å². The van der Waals surface area contributed by atoms with Gasteiger partial charge in [0.15, 0.2) is 0 Å². The Kier molecular flexibility index (Phi) is 2.36. The van der Waals surface area contributed by atoms with E-state index in [1.165, 1.54) is 0 Å². The fraction of sp³-hybridized carbons (Fsp3) is 0.545. The predicted molar refractivity (Wildman–Crippen MR) is 59.5 cm³/mol. The van der Waals surface area contributed by atoms with E-state index in [1.54, 1.807) is 0 Å². The van der Waals surface area contributed by atoms with E-state index in [0.717, 1.165) is 6.42 Å². The van der Waals surface area contributed by atoms with Crippen molar-refractivity contribution in [2.24, 2.45) is 23.7 Å². The second-order valence-corrected chi connectivity index (χ2v) is 5.13. The monoisotopic (exact) mass is 299 g/mol. The molecule has 1 aliphatic heterocycles. The maximum absolute atomic E-state index is 12.0. The first kappa shape index (κ1) is 11.0. The van der Waals surface area contributed by atoms with Gasteiger partial charge in [0.25, 0.3) is 11.8 Å². The molecule has 17 heavy (non-hydrogen) atoms. The third-order valence-corrected chi connectivity index (χ3v) is 4.19. The Bertz CT molecular complexity index is 417. The van der Waals surface area contributed by atoms with Crippen LogP contribution >= 0.6 is 15.9 Å². The zero-order valence-corrected chi connectivity index (χ0v) is 10.4. The molecule has 2 bridgehead atoms. The van der Waals surface area contributed by atoms with Crippen LogP contribution in [0.2, 0.25) is 0 Å². The lowest BCUT2D eigenvalue weighted by molar-refractivity contribution is -0.197. The number of hydrogen-bond acceptors (Lipinski definition) is 4. The van der Waals surface area contributed by atoms with Gasteiger partial charge in [0.2, 0.25) is 0 Å². The summed E-state index contributed by atoms with van der Waals surface area (Å²) >= 11 is 2.92. The molecule has 1 saturated heterocycles. The quantitative estimate of drug-likeness (QED) is 0.427. The predicted octanol–water partition coefficient (Wildman–Crippen LogP) is 0.647. The van der Waals surface area contributed by atoms with Gasteiger partial charge in [-0.05, 0) is 18.3 Å². The molecule has 1 heterocycles.